The number of amides is 3. The number of benzene rings is 1. The molecule has 1 saturated heterocycles. The molecule has 0 saturated carbocycles. The SMILES string of the molecule is O=C1CCC(NC(=O)c2cc(Cl)cc(Cl)c2)C(=O)N1. The van der Waals surface area contributed by atoms with Gasteiger partial charge in [0, 0.05) is 22.0 Å². The second-order valence-electron chi connectivity index (χ2n) is 4.14. The molecule has 1 fully saturated rings. The molecule has 3 amide bonds. The van der Waals surface area contributed by atoms with Gasteiger partial charge < -0.3 is 5.32 Å². The highest BCUT2D eigenvalue weighted by atomic mass is 35.5. The van der Waals surface area contributed by atoms with Crippen LogP contribution in [-0.4, -0.2) is 23.8 Å². The highest BCUT2D eigenvalue weighted by molar-refractivity contribution is 6.35. The summed E-state index contributed by atoms with van der Waals surface area (Å²) in [5.74, 6) is -1.29. The van der Waals surface area contributed by atoms with Crippen molar-refractivity contribution in [1.29, 1.82) is 0 Å². The van der Waals surface area contributed by atoms with E-state index in [9.17, 15) is 14.4 Å². The molecule has 2 rings (SSSR count). The predicted molar refractivity (Wildman–Crippen MR) is 70.1 cm³/mol. The van der Waals surface area contributed by atoms with Gasteiger partial charge in [-0.15, -0.1) is 0 Å². The first-order valence-corrected chi connectivity index (χ1v) is 6.32. The van der Waals surface area contributed by atoms with Crippen LogP contribution in [0.25, 0.3) is 0 Å². The van der Waals surface area contributed by atoms with Gasteiger partial charge in [0.25, 0.3) is 5.91 Å². The van der Waals surface area contributed by atoms with Crippen molar-refractivity contribution in [2.75, 3.05) is 0 Å². The maximum absolute atomic E-state index is 12.0. The molecule has 0 bridgehead atoms. The van der Waals surface area contributed by atoms with E-state index in [0.717, 1.165) is 0 Å². The Hall–Kier alpha value is -1.59. The monoisotopic (exact) mass is 300 g/mol. The summed E-state index contributed by atoms with van der Waals surface area (Å²) in [5.41, 5.74) is 0.266. The minimum absolute atomic E-state index is 0.201. The molecule has 19 heavy (non-hydrogen) atoms. The first-order chi connectivity index (χ1) is 8.95. The highest BCUT2D eigenvalue weighted by Gasteiger charge is 2.28. The van der Waals surface area contributed by atoms with E-state index in [1.807, 2.05) is 0 Å². The molecule has 7 heteroatoms. The molecule has 5 nitrogen and oxygen atoms in total. The van der Waals surface area contributed by atoms with Crippen molar-refractivity contribution in [1.82, 2.24) is 10.6 Å². The van der Waals surface area contributed by atoms with Crippen molar-refractivity contribution >= 4 is 40.9 Å². The molecule has 2 N–H and O–H groups in total. The zero-order valence-electron chi connectivity index (χ0n) is 9.70. The van der Waals surface area contributed by atoms with E-state index in [1.165, 1.54) is 18.2 Å². The fourth-order valence-electron chi connectivity index (χ4n) is 1.76. The molecular formula is C12H10Cl2N2O3. The van der Waals surface area contributed by atoms with E-state index in [1.54, 1.807) is 0 Å². The van der Waals surface area contributed by atoms with Gasteiger partial charge in [-0.2, -0.15) is 0 Å². The summed E-state index contributed by atoms with van der Waals surface area (Å²) in [5, 5.41) is 5.37. The molecule has 1 unspecified atom stereocenters. The summed E-state index contributed by atoms with van der Waals surface area (Å²) in [6, 6.07) is 3.69. The smallest absolute Gasteiger partial charge is 0.252 e. The lowest BCUT2D eigenvalue weighted by molar-refractivity contribution is -0.134. The second-order valence-corrected chi connectivity index (χ2v) is 5.01. The fraction of sp³-hybridized carbons (Fsp3) is 0.250. The van der Waals surface area contributed by atoms with Crippen molar-refractivity contribution in [2.45, 2.75) is 18.9 Å². The van der Waals surface area contributed by atoms with Crippen LogP contribution in [0.5, 0.6) is 0 Å². The molecule has 1 aliphatic rings. The quantitative estimate of drug-likeness (QED) is 0.813. The minimum Gasteiger partial charge on any atom is -0.340 e. The van der Waals surface area contributed by atoms with E-state index in [0.29, 0.717) is 10.0 Å². The Bertz CT molecular complexity index is 540. The average Bonchev–Trinajstić information content (AvgIpc) is 2.31. The van der Waals surface area contributed by atoms with Gasteiger partial charge in [0.2, 0.25) is 11.8 Å². The normalized spacial score (nSPS) is 18.9. The second kappa shape index (κ2) is 5.59. The van der Waals surface area contributed by atoms with Crippen molar-refractivity contribution < 1.29 is 14.4 Å². The molecule has 1 aromatic carbocycles. The number of imide groups is 1. The lowest BCUT2D eigenvalue weighted by Crippen LogP contribution is -2.52. The Morgan fingerprint density at radius 3 is 2.42 bits per heavy atom. The van der Waals surface area contributed by atoms with Crippen LogP contribution in [0.1, 0.15) is 23.2 Å². The number of piperidine rings is 1. The maximum Gasteiger partial charge on any atom is 0.252 e. The largest absolute Gasteiger partial charge is 0.340 e. The summed E-state index contributed by atoms with van der Waals surface area (Å²) >= 11 is 11.6. The molecule has 0 aromatic heterocycles. The van der Waals surface area contributed by atoms with E-state index in [4.69, 9.17) is 23.2 Å². The van der Waals surface area contributed by atoms with Crippen LogP contribution >= 0.6 is 23.2 Å². The number of halogens is 2. The van der Waals surface area contributed by atoms with Crippen LogP contribution in [0, 0.1) is 0 Å². The predicted octanol–water partition coefficient (Wildman–Crippen LogP) is 1.53. The molecule has 0 radical (unpaired) electrons. The molecule has 1 aromatic rings. The van der Waals surface area contributed by atoms with Gasteiger partial charge in [0.05, 0.1) is 0 Å². The topological polar surface area (TPSA) is 75.3 Å². The van der Waals surface area contributed by atoms with Crippen LogP contribution in [-0.2, 0) is 9.59 Å². The number of nitrogens with one attached hydrogen (secondary N) is 2. The van der Waals surface area contributed by atoms with Crippen molar-refractivity contribution in [2.24, 2.45) is 0 Å². The summed E-state index contributed by atoms with van der Waals surface area (Å²) in [6.45, 7) is 0. The molecular weight excluding hydrogens is 291 g/mol. The third-order valence-electron chi connectivity index (χ3n) is 2.67. The Labute approximate surface area is 119 Å². The molecule has 100 valence electrons. The Morgan fingerprint density at radius 2 is 1.84 bits per heavy atom. The van der Waals surface area contributed by atoms with Gasteiger partial charge in [0.15, 0.2) is 0 Å². The lowest BCUT2D eigenvalue weighted by atomic mass is 10.1. The third kappa shape index (κ3) is 3.45. The first kappa shape index (κ1) is 13.8. The van der Waals surface area contributed by atoms with E-state index >= 15 is 0 Å². The van der Waals surface area contributed by atoms with Gasteiger partial charge >= 0.3 is 0 Å². The fourth-order valence-corrected chi connectivity index (χ4v) is 2.28. The number of carbonyl (C=O) groups is 3. The number of hydrogen-bond acceptors (Lipinski definition) is 3. The van der Waals surface area contributed by atoms with Crippen LogP contribution in [0.15, 0.2) is 18.2 Å². The molecule has 1 heterocycles. The molecule has 0 aliphatic carbocycles. The van der Waals surface area contributed by atoms with Gasteiger partial charge in [-0.1, -0.05) is 23.2 Å². The first-order valence-electron chi connectivity index (χ1n) is 5.56. The molecule has 1 aliphatic heterocycles. The van der Waals surface area contributed by atoms with Gasteiger partial charge in [-0.3, -0.25) is 19.7 Å². The number of carbonyl (C=O) groups excluding carboxylic acids is 3. The third-order valence-corrected chi connectivity index (χ3v) is 3.11. The maximum atomic E-state index is 12.0. The zero-order chi connectivity index (χ0) is 14.0. The Kier molecular flexibility index (Phi) is 4.07. The number of rotatable bonds is 2. The van der Waals surface area contributed by atoms with Crippen molar-refractivity contribution in [3.8, 4) is 0 Å². The van der Waals surface area contributed by atoms with Crippen LogP contribution in [0.2, 0.25) is 10.0 Å². The lowest BCUT2D eigenvalue weighted by Gasteiger charge is -2.21. The number of hydrogen-bond donors (Lipinski definition) is 2. The summed E-state index contributed by atoms with van der Waals surface area (Å²) < 4.78 is 0. The Balaban J connectivity index is 2.08. The Morgan fingerprint density at radius 1 is 1.21 bits per heavy atom. The van der Waals surface area contributed by atoms with Crippen LogP contribution in [0.4, 0.5) is 0 Å². The van der Waals surface area contributed by atoms with Crippen LogP contribution in [0.3, 0.4) is 0 Å². The van der Waals surface area contributed by atoms with E-state index < -0.39 is 17.9 Å². The van der Waals surface area contributed by atoms with Gasteiger partial charge in [0.1, 0.15) is 6.04 Å². The standard InChI is InChI=1S/C12H10Cl2N2O3/c13-7-3-6(4-8(14)5-7)11(18)15-9-1-2-10(17)16-12(9)19/h3-5,9H,1-2H2,(H,15,18)(H,16,17,19). The van der Waals surface area contributed by atoms with Crippen molar-refractivity contribution in [3.05, 3.63) is 33.8 Å². The highest BCUT2D eigenvalue weighted by Crippen LogP contribution is 2.19. The summed E-state index contributed by atoms with van der Waals surface area (Å²) in [6.07, 6.45) is 0.484. The van der Waals surface area contributed by atoms with Crippen molar-refractivity contribution in [3.63, 3.8) is 0 Å². The summed E-state index contributed by atoms with van der Waals surface area (Å²) in [7, 11) is 0. The van der Waals surface area contributed by atoms with Crippen LogP contribution < -0.4 is 10.6 Å². The molecule has 0 spiro atoms. The van der Waals surface area contributed by atoms with E-state index in [-0.39, 0.29) is 24.3 Å². The average molecular weight is 301 g/mol. The zero-order valence-corrected chi connectivity index (χ0v) is 11.2. The van der Waals surface area contributed by atoms with Gasteiger partial charge in [-0.25, -0.2) is 0 Å². The van der Waals surface area contributed by atoms with Gasteiger partial charge in [-0.05, 0) is 24.6 Å². The molecule has 1 atom stereocenters. The summed E-state index contributed by atoms with van der Waals surface area (Å²) in [4.78, 5) is 34.4. The minimum atomic E-state index is -0.719. The van der Waals surface area contributed by atoms with E-state index in [2.05, 4.69) is 10.6 Å².